The van der Waals surface area contributed by atoms with Crippen LogP contribution in [-0.2, 0) is 11.2 Å². The normalized spacial score (nSPS) is 23.2. The predicted molar refractivity (Wildman–Crippen MR) is 93.7 cm³/mol. The molecule has 1 amide bonds. The van der Waals surface area contributed by atoms with Gasteiger partial charge in [-0.1, -0.05) is 17.3 Å². The number of aromatic nitrogens is 2. The van der Waals surface area contributed by atoms with Crippen LogP contribution in [-0.4, -0.2) is 58.6 Å². The fraction of sp³-hybridized carbons (Fsp3) is 0.526. The van der Waals surface area contributed by atoms with Crippen LogP contribution >= 0.6 is 0 Å². The molecule has 2 aromatic rings. The molecular formula is C19H23FN4O2. The van der Waals surface area contributed by atoms with Gasteiger partial charge in [0.2, 0.25) is 17.6 Å². The first-order valence-electron chi connectivity index (χ1n) is 9.15. The Hall–Kier alpha value is -2.28. The largest absolute Gasteiger partial charge is 0.341 e. The summed E-state index contributed by atoms with van der Waals surface area (Å²) in [6.07, 6.45) is 3.08. The van der Waals surface area contributed by atoms with Gasteiger partial charge in [-0.25, -0.2) is 4.39 Å². The highest BCUT2D eigenvalue weighted by Gasteiger charge is 2.34. The van der Waals surface area contributed by atoms with E-state index in [4.69, 9.17) is 4.52 Å². The van der Waals surface area contributed by atoms with Crippen molar-refractivity contribution in [3.8, 4) is 11.4 Å². The molecule has 3 aliphatic heterocycles. The number of rotatable bonds is 4. The van der Waals surface area contributed by atoms with E-state index >= 15 is 0 Å². The number of halogens is 1. The Morgan fingerprint density at radius 1 is 1.27 bits per heavy atom. The molecule has 0 radical (unpaired) electrons. The molecule has 0 spiro atoms. The predicted octanol–water partition coefficient (Wildman–Crippen LogP) is 2.36. The zero-order valence-electron chi connectivity index (χ0n) is 14.9. The molecule has 3 saturated heterocycles. The second-order valence-corrected chi connectivity index (χ2v) is 7.33. The van der Waals surface area contributed by atoms with Crippen molar-refractivity contribution in [2.75, 3.05) is 26.7 Å². The van der Waals surface area contributed by atoms with Crippen LogP contribution in [0.15, 0.2) is 28.8 Å². The average molecular weight is 358 g/mol. The molecule has 1 aromatic heterocycles. The fourth-order valence-electron chi connectivity index (χ4n) is 4.00. The number of aryl methyl sites for hydroxylation is 1. The summed E-state index contributed by atoms with van der Waals surface area (Å²) in [6, 6.07) is 6.78. The highest BCUT2D eigenvalue weighted by Crippen LogP contribution is 2.27. The van der Waals surface area contributed by atoms with Gasteiger partial charge < -0.3 is 14.3 Å². The highest BCUT2D eigenvalue weighted by molar-refractivity contribution is 5.76. The standard InChI is InChI=1S/C19H23FN4O2/c1-23-10-13-6-7-14(23)12-24(11-13)18(25)9-8-17-21-19(22-26-17)15-4-2-3-5-16(15)20/h2-5,13-14H,6-12H2,1H3. The molecule has 2 atom stereocenters. The monoisotopic (exact) mass is 358 g/mol. The lowest BCUT2D eigenvalue weighted by atomic mass is 9.96. The Morgan fingerprint density at radius 3 is 2.92 bits per heavy atom. The molecule has 7 heteroatoms. The van der Waals surface area contributed by atoms with Crippen LogP contribution in [0.3, 0.4) is 0 Å². The van der Waals surface area contributed by atoms with Crippen LogP contribution in [0, 0.1) is 11.7 Å². The molecule has 3 fully saturated rings. The number of piperidine rings is 1. The third-order valence-electron chi connectivity index (χ3n) is 5.48. The highest BCUT2D eigenvalue weighted by atomic mass is 19.1. The van der Waals surface area contributed by atoms with Crippen LogP contribution in [0.2, 0.25) is 0 Å². The Labute approximate surface area is 152 Å². The van der Waals surface area contributed by atoms with E-state index in [9.17, 15) is 9.18 Å². The molecule has 6 nitrogen and oxygen atoms in total. The van der Waals surface area contributed by atoms with Gasteiger partial charge >= 0.3 is 0 Å². The van der Waals surface area contributed by atoms with Gasteiger partial charge in [0.15, 0.2) is 0 Å². The third kappa shape index (κ3) is 3.49. The van der Waals surface area contributed by atoms with Gasteiger partial charge in [0.05, 0.1) is 5.56 Å². The minimum Gasteiger partial charge on any atom is -0.341 e. The maximum absolute atomic E-state index is 13.8. The molecule has 0 aliphatic carbocycles. The van der Waals surface area contributed by atoms with Gasteiger partial charge in [-0.2, -0.15) is 4.98 Å². The van der Waals surface area contributed by atoms with Crippen molar-refractivity contribution in [1.82, 2.24) is 19.9 Å². The number of fused-ring (bicyclic) bond motifs is 4. The van der Waals surface area contributed by atoms with Gasteiger partial charge in [-0.05, 0) is 37.9 Å². The van der Waals surface area contributed by atoms with Gasteiger partial charge in [-0.3, -0.25) is 4.79 Å². The second kappa shape index (κ2) is 7.15. The van der Waals surface area contributed by atoms with Crippen LogP contribution in [0.1, 0.15) is 25.2 Å². The Morgan fingerprint density at radius 2 is 2.12 bits per heavy atom. The third-order valence-corrected chi connectivity index (χ3v) is 5.48. The lowest BCUT2D eigenvalue weighted by molar-refractivity contribution is -0.131. The summed E-state index contributed by atoms with van der Waals surface area (Å²) in [4.78, 5) is 21.2. The van der Waals surface area contributed by atoms with Crippen LogP contribution < -0.4 is 0 Å². The van der Waals surface area contributed by atoms with Crippen molar-refractivity contribution < 1.29 is 13.7 Å². The molecular weight excluding hydrogens is 335 g/mol. The Kier molecular flexibility index (Phi) is 4.72. The number of carbonyl (C=O) groups is 1. The number of amides is 1. The van der Waals surface area contributed by atoms with E-state index in [1.54, 1.807) is 18.2 Å². The van der Waals surface area contributed by atoms with Crippen LogP contribution in [0.5, 0.6) is 0 Å². The van der Waals surface area contributed by atoms with E-state index in [0.29, 0.717) is 36.3 Å². The quantitative estimate of drug-likeness (QED) is 0.840. The lowest BCUT2D eigenvalue weighted by Crippen LogP contribution is -2.41. The molecule has 3 aliphatic rings. The maximum atomic E-state index is 13.8. The van der Waals surface area contributed by atoms with Crippen molar-refractivity contribution in [3.05, 3.63) is 36.0 Å². The number of benzene rings is 1. The van der Waals surface area contributed by atoms with Crippen LogP contribution in [0.25, 0.3) is 11.4 Å². The van der Waals surface area contributed by atoms with Crippen molar-refractivity contribution in [3.63, 3.8) is 0 Å². The average Bonchev–Trinajstić information content (AvgIpc) is 2.92. The molecule has 138 valence electrons. The first-order chi connectivity index (χ1) is 12.6. The summed E-state index contributed by atoms with van der Waals surface area (Å²) in [5.41, 5.74) is 0.306. The van der Waals surface area contributed by atoms with E-state index in [1.807, 2.05) is 4.90 Å². The number of nitrogens with zero attached hydrogens (tertiary/aromatic N) is 4. The Bertz CT molecular complexity index is 793. The summed E-state index contributed by atoms with van der Waals surface area (Å²) in [5, 5.41) is 3.84. The Balaban J connectivity index is 1.37. The zero-order chi connectivity index (χ0) is 18.1. The van der Waals surface area contributed by atoms with Gasteiger partial charge in [0.25, 0.3) is 0 Å². The summed E-state index contributed by atoms with van der Waals surface area (Å²) < 4.78 is 19.0. The molecule has 0 saturated carbocycles. The summed E-state index contributed by atoms with van der Waals surface area (Å²) in [5.74, 6) is 0.896. The zero-order valence-corrected chi connectivity index (χ0v) is 14.9. The maximum Gasteiger partial charge on any atom is 0.227 e. The first kappa shape index (κ1) is 17.1. The van der Waals surface area contributed by atoms with Crippen molar-refractivity contribution in [2.45, 2.75) is 31.7 Å². The topological polar surface area (TPSA) is 62.5 Å². The smallest absolute Gasteiger partial charge is 0.227 e. The van der Waals surface area contributed by atoms with Gasteiger partial charge in [0, 0.05) is 38.5 Å². The molecule has 1 aromatic carbocycles. The molecule has 26 heavy (non-hydrogen) atoms. The van der Waals surface area contributed by atoms with E-state index in [1.165, 1.54) is 18.9 Å². The van der Waals surface area contributed by atoms with Gasteiger partial charge in [0.1, 0.15) is 5.82 Å². The lowest BCUT2D eigenvalue weighted by Gasteiger charge is -2.32. The van der Waals surface area contributed by atoms with Crippen molar-refractivity contribution in [2.24, 2.45) is 5.92 Å². The summed E-state index contributed by atoms with van der Waals surface area (Å²) >= 11 is 0. The minimum atomic E-state index is -0.389. The number of likely N-dealkylation sites (N-methyl/N-ethyl adjacent to an activating group) is 1. The van der Waals surface area contributed by atoms with Crippen molar-refractivity contribution >= 4 is 5.91 Å². The van der Waals surface area contributed by atoms with Crippen LogP contribution in [0.4, 0.5) is 4.39 Å². The van der Waals surface area contributed by atoms with E-state index in [2.05, 4.69) is 22.1 Å². The molecule has 4 heterocycles. The first-order valence-corrected chi connectivity index (χ1v) is 9.15. The van der Waals surface area contributed by atoms with Crippen molar-refractivity contribution in [1.29, 1.82) is 0 Å². The second-order valence-electron chi connectivity index (χ2n) is 7.33. The number of carbonyl (C=O) groups excluding carboxylic acids is 1. The molecule has 2 unspecified atom stereocenters. The minimum absolute atomic E-state index is 0.128. The summed E-state index contributed by atoms with van der Waals surface area (Å²) in [7, 11) is 2.15. The fourth-order valence-corrected chi connectivity index (χ4v) is 4.00. The number of hydrogen-bond acceptors (Lipinski definition) is 5. The molecule has 0 N–H and O–H groups in total. The SMILES string of the molecule is CN1CC2CCC1CN(C(=O)CCc1nc(-c3ccccc3F)no1)C2. The van der Waals surface area contributed by atoms with E-state index in [-0.39, 0.29) is 17.5 Å². The molecule has 2 bridgehead atoms. The van der Waals surface area contributed by atoms with E-state index in [0.717, 1.165) is 19.6 Å². The summed E-state index contributed by atoms with van der Waals surface area (Å²) in [6.45, 7) is 2.71. The van der Waals surface area contributed by atoms with Gasteiger partial charge in [-0.15, -0.1) is 0 Å². The number of hydrogen-bond donors (Lipinski definition) is 0. The van der Waals surface area contributed by atoms with E-state index < -0.39 is 0 Å². The molecule has 5 rings (SSSR count).